The number of anilines is 3. The number of carbonyl (C=O) groups is 2. The molecule has 2 aromatic carbocycles. The summed E-state index contributed by atoms with van der Waals surface area (Å²) in [6.07, 6.45) is 1.10. The number of benzene rings is 2. The number of aromatic nitrogens is 1. The number of nitrogens with zero attached hydrogens (tertiary/aromatic N) is 2. The molecule has 148 valence electrons. The van der Waals surface area contributed by atoms with Crippen molar-refractivity contribution in [3.05, 3.63) is 84.6 Å². The largest absolute Gasteiger partial charge is 0.447 e. The SMILES string of the molecule is Cc1ccc(N(CCOC(=O)Nc2ccccc2)C(=O)Nc2ccccc2)nc1. The molecule has 0 atom stereocenters. The predicted octanol–water partition coefficient (Wildman–Crippen LogP) is 4.68. The van der Waals surface area contributed by atoms with E-state index in [0.717, 1.165) is 5.56 Å². The van der Waals surface area contributed by atoms with Crippen molar-refractivity contribution >= 4 is 29.3 Å². The summed E-state index contributed by atoms with van der Waals surface area (Å²) >= 11 is 0. The van der Waals surface area contributed by atoms with Gasteiger partial charge >= 0.3 is 12.1 Å². The first-order valence-corrected chi connectivity index (χ1v) is 9.17. The van der Waals surface area contributed by atoms with Crippen LogP contribution in [0.4, 0.5) is 26.8 Å². The van der Waals surface area contributed by atoms with Gasteiger partial charge in [0.05, 0.1) is 6.54 Å². The van der Waals surface area contributed by atoms with E-state index < -0.39 is 6.09 Å². The fourth-order valence-electron chi connectivity index (χ4n) is 2.56. The van der Waals surface area contributed by atoms with Gasteiger partial charge in [0.25, 0.3) is 0 Å². The Labute approximate surface area is 169 Å². The molecule has 0 spiro atoms. The summed E-state index contributed by atoms with van der Waals surface area (Å²) in [5.74, 6) is 0.469. The molecule has 0 unspecified atom stereocenters. The third-order valence-electron chi connectivity index (χ3n) is 4.01. The number of ether oxygens (including phenoxy) is 1. The highest BCUT2D eigenvalue weighted by Gasteiger charge is 2.18. The summed E-state index contributed by atoms with van der Waals surface area (Å²) in [4.78, 5) is 30.5. The average molecular weight is 390 g/mol. The van der Waals surface area contributed by atoms with E-state index in [9.17, 15) is 9.59 Å². The van der Waals surface area contributed by atoms with Gasteiger partial charge in [0.1, 0.15) is 12.4 Å². The van der Waals surface area contributed by atoms with Crippen LogP contribution < -0.4 is 15.5 Å². The monoisotopic (exact) mass is 390 g/mol. The third-order valence-corrected chi connectivity index (χ3v) is 4.01. The molecule has 0 radical (unpaired) electrons. The molecular formula is C22H22N4O3. The number of amides is 3. The molecule has 7 nitrogen and oxygen atoms in total. The van der Waals surface area contributed by atoms with Crippen LogP contribution in [-0.4, -0.2) is 30.3 Å². The van der Waals surface area contributed by atoms with Gasteiger partial charge in [0.15, 0.2) is 0 Å². The van der Waals surface area contributed by atoms with Gasteiger partial charge in [-0.25, -0.2) is 14.6 Å². The Hall–Kier alpha value is -3.87. The van der Waals surface area contributed by atoms with E-state index in [0.29, 0.717) is 17.2 Å². The summed E-state index contributed by atoms with van der Waals surface area (Å²) in [5.41, 5.74) is 2.28. The van der Waals surface area contributed by atoms with Crippen LogP contribution in [0.1, 0.15) is 5.56 Å². The molecule has 29 heavy (non-hydrogen) atoms. The maximum Gasteiger partial charge on any atom is 0.411 e. The van der Waals surface area contributed by atoms with Crippen LogP contribution in [0.25, 0.3) is 0 Å². The molecule has 0 aliphatic rings. The molecule has 2 N–H and O–H groups in total. The maximum absolute atomic E-state index is 12.8. The van der Waals surface area contributed by atoms with Crippen LogP contribution in [0.15, 0.2) is 79.0 Å². The highest BCUT2D eigenvalue weighted by molar-refractivity contribution is 6.01. The van der Waals surface area contributed by atoms with Crippen molar-refractivity contribution in [2.45, 2.75) is 6.92 Å². The molecule has 0 aliphatic heterocycles. The normalized spacial score (nSPS) is 10.1. The Bertz CT molecular complexity index is 931. The first-order valence-electron chi connectivity index (χ1n) is 9.17. The molecule has 3 aromatic rings. The lowest BCUT2D eigenvalue weighted by Gasteiger charge is -2.22. The molecular weight excluding hydrogens is 368 g/mol. The minimum atomic E-state index is -0.587. The Balaban J connectivity index is 1.62. The van der Waals surface area contributed by atoms with Crippen molar-refractivity contribution in [2.24, 2.45) is 0 Å². The van der Waals surface area contributed by atoms with Crippen molar-refractivity contribution in [3.63, 3.8) is 0 Å². The van der Waals surface area contributed by atoms with Crippen LogP contribution >= 0.6 is 0 Å². The Morgan fingerprint density at radius 3 is 2.10 bits per heavy atom. The zero-order valence-electron chi connectivity index (χ0n) is 16.0. The Morgan fingerprint density at radius 2 is 1.52 bits per heavy atom. The van der Waals surface area contributed by atoms with Gasteiger partial charge in [0, 0.05) is 17.6 Å². The predicted molar refractivity (Wildman–Crippen MR) is 113 cm³/mol. The van der Waals surface area contributed by atoms with E-state index in [4.69, 9.17) is 4.74 Å². The standard InChI is InChI=1S/C22H22N4O3/c1-17-12-13-20(23-16-17)26(21(27)24-18-8-4-2-5-9-18)14-15-29-22(28)25-19-10-6-3-7-11-19/h2-13,16H,14-15H2,1H3,(H,24,27)(H,25,28). The van der Waals surface area contributed by atoms with E-state index in [1.54, 1.807) is 36.5 Å². The lowest BCUT2D eigenvalue weighted by atomic mass is 10.3. The van der Waals surface area contributed by atoms with Crippen LogP contribution in [0, 0.1) is 6.92 Å². The number of rotatable bonds is 6. The Kier molecular flexibility index (Phi) is 6.78. The number of hydrogen-bond acceptors (Lipinski definition) is 4. The van der Waals surface area contributed by atoms with Gasteiger partial charge in [-0.15, -0.1) is 0 Å². The van der Waals surface area contributed by atoms with E-state index in [-0.39, 0.29) is 19.2 Å². The van der Waals surface area contributed by atoms with Gasteiger partial charge in [-0.05, 0) is 42.8 Å². The van der Waals surface area contributed by atoms with E-state index in [1.165, 1.54) is 4.90 Å². The third kappa shape index (κ3) is 6.07. The number of pyridine rings is 1. The molecule has 3 amide bonds. The zero-order valence-corrected chi connectivity index (χ0v) is 16.0. The number of carbonyl (C=O) groups excluding carboxylic acids is 2. The molecule has 0 saturated carbocycles. The van der Waals surface area contributed by atoms with Crippen molar-refractivity contribution in [2.75, 3.05) is 28.7 Å². The van der Waals surface area contributed by atoms with Gasteiger partial charge in [-0.2, -0.15) is 0 Å². The lowest BCUT2D eigenvalue weighted by Crippen LogP contribution is -2.38. The highest BCUT2D eigenvalue weighted by Crippen LogP contribution is 2.14. The minimum Gasteiger partial charge on any atom is -0.447 e. The molecule has 0 fully saturated rings. The Morgan fingerprint density at radius 1 is 0.897 bits per heavy atom. The number of aryl methyl sites for hydroxylation is 1. The molecule has 1 heterocycles. The zero-order chi connectivity index (χ0) is 20.5. The maximum atomic E-state index is 12.8. The van der Waals surface area contributed by atoms with Crippen molar-refractivity contribution < 1.29 is 14.3 Å². The second kappa shape index (κ2) is 9.89. The van der Waals surface area contributed by atoms with Crippen LogP contribution in [0.2, 0.25) is 0 Å². The fourth-order valence-corrected chi connectivity index (χ4v) is 2.56. The van der Waals surface area contributed by atoms with Crippen LogP contribution in [0.5, 0.6) is 0 Å². The second-order valence-electron chi connectivity index (χ2n) is 6.27. The van der Waals surface area contributed by atoms with Crippen LogP contribution in [-0.2, 0) is 4.74 Å². The molecule has 0 saturated heterocycles. The molecule has 0 bridgehead atoms. The van der Waals surface area contributed by atoms with Crippen molar-refractivity contribution in [1.82, 2.24) is 4.98 Å². The summed E-state index contributed by atoms with van der Waals surface area (Å²) in [7, 11) is 0. The summed E-state index contributed by atoms with van der Waals surface area (Å²) in [6.45, 7) is 2.08. The van der Waals surface area contributed by atoms with Gasteiger partial charge in [0.2, 0.25) is 0 Å². The molecule has 1 aromatic heterocycles. The van der Waals surface area contributed by atoms with Crippen molar-refractivity contribution in [1.29, 1.82) is 0 Å². The minimum absolute atomic E-state index is 0.0104. The molecule has 0 aliphatic carbocycles. The van der Waals surface area contributed by atoms with Crippen LogP contribution in [0.3, 0.4) is 0 Å². The van der Waals surface area contributed by atoms with Gasteiger partial charge < -0.3 is 10.1 Å². The fraction of sp³-hybridized carbons (Fsp3) is 0.136. The van der Waals surface area contributed by atoms with Gasteiger partial charge in [-0.3, -0.25) is 10.2 Å². The van der Waals surface area contributed by atoms with E-state index in [2.05, 4.69) is 15.6 Å². The van der Waals surface area contributed by atoms with E-state index >= 15 is 0 Å². The summed E-state index contributed by atoms with van der Waals surface area (Å²) < 4.78 is 5.22. The first kappa shape index (κ1) is 19.9. The van der Waals surface area contributed by atoms with Crippen molar-refractivity contribution in [3.8, 4) is 0 Å². The number of para-hydroxylation sites is 2. The first-order chi connectivity index (χ1) is 14.1. The number of hydrogen-bond donors (Lipinski definition) is 2. The smallest absolute Gasteiger partial charge is 0.411 e. The number of nitrogens with one attached hydrogen (secondary N) is 2. The van der Waals surface area contributed by atoms with Gasteiger partial charge in [-0.1, -0.05) is 42.5 Å². The topological polar surface area (TPSA) is 83.6 Å². The van der Waals surface area contributed by atoms with E-state index in [1.807, 2.05) is 49.4 Å². The summed E-state index contributed by atoms with van der Waals surface area (Å²) in [5, 5.41) is 5.46. The number of urea groups is 1. The highest BCUT2D eigenvalue weighted by atomic mass is 16.5. The quantitative estimate of drug-likeness (QED) is 0.640. The second-order valence-corrected chi connectivity index (χ2v) is 6.27. The summed E-state index contributed by atoms with van der Waals surface area (Å²) in [6, 6.07) is 21.4. The average Bonchev–Trinajstić information content (AvgIpc) is 2.73. The molecule has 3 rings (SSSR count). The lowest BCUT2D eigenvalue weighted by molar-refractivity contribution is 0.164. The molecule has 7 heteroatoms.